The summed E-state index contributed by atoms with van der Waals surface area (Å²) < 4.78 is 0.943. The van der Waals surface area contributed by atoms with Gasteiger partial charge in [0.1, 0.15) is 6.04 Å². The Morgan fingerprint density at radius 2 is 2.31 bits per heavy atom. The molecule has 0 saturated carbocycles. The van der Waals surface area contributed by atoms with E-state index in [1.165, 1.54) is 0 Å². The molecule has 0 spiro atoms. The fourth-order valence-corrected chi connectivity index (χ4v) is 2.29. The summed E-state index contributed by atoms with van der Waals surface area (Å²) in [5, 5.41) is 3.81. The van der Waals surface area contributed by atoms with Gasteiger partial charge < -0.3 is 10.2 Å². The molecule has 86 valence electrons. The van der Waals surface area contributed by atoms with E-state index in [1.807, 2.05) is 19.2 Å². The molecule has 0 radical (unpaired) electrons. The molecule has 1 aliphatic heterocycles. The van der Waals surface area contributed by atoms with Crippen molar-refractivity contribution in [2.24, 2.45) is 0 Å². The van der Waals surface area contributed by atoms with Crippen molar-refractivity contribution >= 4 is 39.1 Å². The van der Waals surface area contributed by atoms with Gasteiger partial charge in [-0.15, -0.1) is 0 Å². The number of amides is 1. The molecule has 0 aromatic heterocycles. The van der Waals surface area contributed by atoms with Gasteiger partial charge in [0, 0.05) is 18.1 Å². The van der Waals surface area contributed by atoms with Crippen LogP contribution in [0.5, 0.6) is 0 Å². The lowest BCUT2D eigenvalue weighted by molar-refractivity contribution is -0.127. The summed E-state index contributed by atoms with van der Waals surface area (Å²) in [5.41, 5.74) is 0.796. The van der Waals surface area contributed by atoms with E-state index in [2.05, 4.69) is 21.2 Å². The number of benzene rings is 1. The number of carbonyl (C=O) groups excluding carboxylic acids is 1. The Morgan fingerprint density at radius 1 is 1.56 bits per heavy atom. The standard InChI is InChI=1S/C11H12BrClN2O/c1-15-5-4-9(11(15)16)14-10-6-7(12)2-3-8(10)13/h2-3,6,9,14H,4-5H2,1H3/t9-/m1/s1. The van der Waals surface area contributed by atoms with Crippen LogP contribution >= 0.6 is 27.5 Å². The van der Waals surface area contributed by atoms with Gasteiger partial charge in [0.2, 0.25) is 5.91 Å². The summed E-state index contributed by atoms with van der Waals surface area (Å²) in [7, 11) is 1.81. The fraction of sp³-hybridized carbons (Fsp3) is 0.364. The summed E-state index contributed by atoms with van der Waals surface area (Å²) in [5.74, 6) is 0.121. The number of likely N-dealkylation sites (tertiary alicyclic amines) is 1. The molecule has 1 aromatic carbocycles. The number of hydrogen-bond donors (Lipinski definition) is 1. The molecule has 0 bridgehead atoms. The van der Waals surface area contributed by atoms with Crippen molar-refractivity contribution in [2.75, 3.05) is 18.9 Å². The summed E-state index contributed by atoms with van der Waals surface area (Å²) in [6, 6.07) is 5.40. The van der Waals surface area contributed by atoms with Crippen LogP contribution in [0, 0.1) is 0 Å². The Morgan fingerprint density at radius 3 is 2.94 bits per heavy atom. The zero-order chi connectivity index (χ0) is 11.7. The van der Waals surface area contributed by atoms with Crippen LogP contribution in [-0.4, -0.2) is 30.4 Å². The van der Waals surface area contributed by atoms with E-state index >= 15 is 0 Å². The van der Waals surface area contributed by atoms with Gasteiger partial charge in [-0.25, -0.2) is 0 Å². The molecule has 1 heterocycles. The van der Waals surface area contributed by atoms with E-state index in [1.54, 1.807) is 11.0 Å². The maximum Gasteiger partial charge on any atom is 0.244 e. The first kappa shape index (κ1) is 11.7. The Balaban J connectivity index is 2.15. The molecular formula is C11H12BrClN2O. The molecule has 16 heavy (non-hydrogen) atoms. The first-order valence-electron chi connectivity index (χ1n) is 5.04. The predicted octanol–water partition coefficient (Wildman–Crippen LogP) is 2.75. The van der Waals surface area contributed by atoms with Gasteiger partial charge in [-0.2, -0.15) is 0 Å². The molecule has 1 aromatic rings. The summed E-state index contributed by atoms with van der Waals surface area (Å²) >= 11 is 9.43. The number of carbonyl (C=O) groups is 1. The third-order valence-corrected chi connectivity index (χ3v) is 3.51. The van der Waals surface area contributed by atoms with E-state index in [4.69, 9.17) is 11.6 Å². The van der Waals surface area contributed by atoms with Gasteiger partial charge >= 0.3 is 0 Å². The van der Waals surface area contributed by atoms with Gasteiger partial charge in [0.15, 0.2) is 0 Å². The van der Waals surface area contributed by atoms with Crippen molar-refractivity contribution in [1.29, 1.82) is 0 Å². The smallest absolute Gasteiger partial charge is 0.244 e. The van der Waals surface area contributed by atoms with Crippen LogP contribution in [0.3, 0.4) is 0 Å². The SMILES string of the molecule is CN1CC[C@@H](Nc2cc(Br)ccc2Cl)C1=O. The number of halogens is 2. The molecule has 3 nitrogen and oxygen atoms in total. The normalized spacial score (nSPS) is 20.3. The van der Waals surface area contributed by atoms with E-state index in [0.717, 1.165) is 23.1 Å². The Labute approximate surface area is 108 Å². The monoisotopic (exact) mass is 302 g/mol. The molecule has 0 aliphatic carbocycles. The third-order valence-electron chi connectivity index (χ3n) is 2.69. The lowest BCUT2D eigenvalue weighted by Crippen LogP contribution is -2.31. The van der Waals surface area contributed by atoms with Crippen LogP contribution in [0.15, 0.2) is 22.7 Å². The van der Waals surface area contributed by atoms with E-state index < -0.39 is 0 Å². The molecule has 1 aliphatic rings. The summed E-state index contributed by atoms with van der Waals surface area (Å²) in [6.45, 7) is 0.794. The minimum atomic E-state index is -0.156. The molecule has 1 saturated heterocycles. The number of nitrogens with zero attached hydrogens (tertiary/aromatic N) is 1. The topological polar surface area (TPSA) is 32.3 Å². The first-order valence-corrected chi connectivity index (χ1v) is 6.21. The van der Waals surface area contributed by atoms with Crippen molar-refractivity contribution in [3.8, 4) is 0 Å². The van der Waals surface area contributed by atoms with E-state index in [9.17, 15) is 4.79 Å². The minimum Gasteiger partial charge on any atom is -0.372 e. The van der Waals surface area contributed by atoms with E-state index in [-0.39, 0.29) is 11.9 Å². The van der Waals surface area contributed by atoms with E-state index in [0.29, 0.717) is 5.02 Å². The van der Waals surface area contributed by atoms with Gasteiger partial charge in [-0.05, 0) is 24.6 Å². The quantitative estimate of drug-likeness (QED) is 0.911. The molecule has 0 unspecified atom stereocenters. The highest BCUT2D eigenvalue weighted by atomic mass is 79.9. The van der Waals surface area contributed by atoms with Gasteiger partial charge in [0.25, 0.3) is 0 Å². The highest BCUT2D eigenvalue weighted by molar-refractivity contribution is 9.10. The molecule has 1 atom stereocenters. The lowest BCUT2D eigenvalue weighted by Gasteiger charge is -2.14. The Bertz CT molecular complexity index is 424. The lowest BCUT2D eigenvalue weighted by atomic mass is 10.2. The predicted molar refractivity (Wildman–Crippen MR) is 68.8 cm³/mol. The van der Waals surface area contributed by atoms with Crippen LogP contribution in [-0.2, 0) is 4.79 Å². The van der Waals surface area contributed by atoms with Crippen molar-refractivity contribution in [2.45, 2.75) is 12.5 Å². The number of likely N-dealkylation sites (N-methyl/N-ethyl adjacent to an activating group) is 1. The second-order valence-corrected chi connectivity index (χ2v) is 5.19. The molecule has 1 fully saturated rings. The van der Waals surface area contributed by atoms with Crippen molar-refractivity contribution < 1.29 is 4.79 Å². The van der Waals surface area contributed by atoms with Crippen LogP contribution in [0.25, 0.3) is 0 Å². The Hall–Kier alpha value is -0.740. The molecule has 1 N–H and O–H groups in total. The first-order chi connectivity index (χ1) is 7.58. The molecular weight excluding hydrogens is 291 g/mol. The Kier molecular flexibility index (Phi) is 3.40. The van der Waals surface area contributed by atoms with Crippen LogP contribution < -0.4 is 5.32 Å². The highest BCUT2D eigenvalue weighted by Gasteiger charge is 2.29. The molecule has 2 rings (SSSR count). The highest BCUT2D eigenvalue weighted by Crippen LogP contribution is 2.27. The van der Waals surface area contributed by atoms with Crippen LogP contribution in [0.2, 0.25) is 5.02 Å². The maximum atomic E-state index is 11.7. The van der Waals surface area contributed by atoms with Crippen molar-refractivity contribution in [1.82, 2.24) is 4.90 Å². The average Bonchev–Trinajstić information content (AvgIpc) is 2.55. The van der Waals surface area contributed by atoms with Gasteiger partial charge in [-0.3, -0.25) is 4.79 Å². The number of anilines is 1. The number of nitrogens with one attached hydrogen (secondary N) is 1. The van der Waals surface area contributed by atoms with Crippen LogP contribution in [0.4, 0.5) is 5.69 Å². The second kappa shape index (κ2) is 4.63. The van der Waals surface area contributed by atoms with Gasteiger partial charge in [-0.1, -0.05) is 27.5 Å². The minimum absolute atomic E-state index is 0.121. The van der Waals surface area contributed by atoms with Crippen molar-refractivity contribution in [3.63, 3.8) is 0 Å². The number of rotatable bonds is 2. The number of hydrogen-bond acceptors (Lipinski definition) is 2. The second-order valence-electron chi connectivity index (χ2n) is 3.87. The zero-order valence-electron chi connectivity index (χ0n) is 8.84. The maximum absolute atomic E-state index is 11.7. The average molecular weight is 304 g/mol. The third kappa shape index (κ3) is 2.33. The van der Waals surface area contributed by atoms with Gasteiger partial charge in [0.05, 0.1) is 10.7 Å². The molecule has 5 heteroatoms. The fourth-order valence-electron chi connectivity index (χ4n) is 1.75. The van der Waals surface area contributed by atoms with Crippen LogP contribution in [0.1, 0.15) is 6.42 Å². The summed E-state index contributed by atoms with van der Waals surface area (Å²) in [4.78, 5) is 13.4. The zero-order valence-corrected chi connectivity index (χ0v) is 11.2. The van der Waals surface area contributed by atoms with Crippen molar-refractivity contribution in [3.05, 3.63) is 27.7 Å². The summed E-state index contributed by atoms with van der Waals surface area (Å²) in [6.07, 6.45) is 0.818. The molecule has 1 amide bonds. The largest absolute Gasteiger partial charge is 0.372 e.